The number of nitrogens with one attached hydrogen (secondary N) is 1. The topological polar surface area (TPSA) is 113 Å². The Bertz CT molecular complexity index is 1680. The molecule has 0 spiro atoms. The van der Waals surface area contributed by atoms with Crippen molar-refractivity contribution in [2.45, 2.75) is 19.0 Å². The number of halogens is 3. The molecular weight excluding hydrogens is 533 g/mol. The van der Waals surface area contributed by atoms with Gasteiger partial charge in [0, 0.05) is 27.2 Å². The van der Waals surface area contributed by atoms with Crippen molar-refractivity contribution in [3.8, 4) is 11.4 Å². The number of imidazole rings is 1. The van der Waals surface area contributed by atoms with E-state index in [9.17, 15) is 27.6 Å². The maximum absolute atomic E-state index is 13.5. The number of anilines is 1. The number of ether oxygens (including phenoxy) is 2. The molecule has 0 amide bonds. The summed E-state index contributed by atoms with van der Waals surface area (Å²) in [6.07, 6.45) is -6.61. The highest BCUT2D eigenvalue weighted by Gasteiger charge is 2.44. The number of piperazine rings is 1. The minimum Gasteiger partial charge on any atom is -0.487 e. The zero-order chi connectivity index (χ0) is 28.6. The average molecular weight is 559 g/mol. The molecule has 1 aliphatic heterocycles. The summed E-state index contributed by atoms with van der Waals surface area (Å²) in [5.74, 6) is -2.00. The number of hydrogen-bond donors (Lipinski definition) is 1. The molecule has 1 saturated heterocycles. The third-order valence-electron chi connectivity index (χ3n) is 6.51. The third kappa shape index (κ3) is 4.93. The van der Waals surface area contributed by atoms with Crippen molar-refractivity contribution in [3.05, 3.63) is 81.0 Å². The zero-order valence-corrected chi connectivity index (χ0v) is 21.5. The lowest BCUT2D eigenvalue weighted by Crippen LogP contribution is -2.55. The highest BCUT2D eigenvalue weighted by Crippen LogP contribution is 2.33. The van der Waals surface area contributed by atoms with Crippen molar-refractivity contribution in [1.29, 1.82) is 0 Å². The van der Waals surface area contributed by atoms with Crippen molar-refractivity contribution in [1.82, 2.24) is 24.0 Å². The molecule has 0 radical (unpaired) electrons. The van der Waals surface area contributed by atoms with Crippen molar-refractivity contribution < 1.29 is 27.4 Å². The monoisotopic (exact) mass is 558 g/mol. The molecule has 1 aliphatic rings. The summed E-state index contributed by atoms with van der Waals surface area (Å²) < 4.78 is 53.7. The Balaban J connectivity index is 1.70. The number of esters is 1. The van der Waals surface area contributed by atoms with Crippen LogP contribution >= 0.6 is 0 Å². The van der Waals surface area contributed by atoms with Gasteiger partial charge in [-0.25, -0.2) is 9.59 Å². The molecule has 210 valence electrons. The first kappa shape index (κ1) is 27.0. The second-order valence-electron chi connectivity index (χ2n) is 9.12. The smallest absolute Gasteiger partial charge is 0.487 e. The number of benzene rings is 2. The first-order chi connectivity index (χ1) is 19.1. The van der Waals surface area contributed by atoms with E-state index in [1.165, 1.54) is 28.1 Å². The molecule has 4 aromatic rings. The van der Waals surface area contributed by atoms with Gasteiger partial charge in [0.2, 0.25) is 5.95 Å². The maximum atomic E-state index is 13.5. The fourth-order valence-corrected chi connectivity index (χ4v) is 4.51. The molecule has 1 fully saturated rings. The molecule has 14 heteroatoms. The van der Waals surface area contributed by atoms with Crippen LogP contribution in [0.5, 0.6) is 5.75 Å². The van der Waals surface area contributed by atoms with Crippen LogP contribution in [0.25, 0.3) is 16.9 Å². The lowest BCUT2D eigenvalue weighted by molar-refractivity contribution is -0.205. The van der Waals surface area contributed by atoms with E-state index in [4.69, 9.17) is 9.47 Å². The van der Waals surface area contributed by atoms with Gasteiger partial charge in [0.05, 0.1) is 12.2 Å². The van der Waals surface area contributed by atoms with E-state index in [1.54, 1.807) is 24.3 Å². The number of nitrogens with zero attached hydrogens (tertiary/aromatic N) is 5. The van der Waals surface area contributed by atoms with Crippen LogP contribution in [-0.4, -0.2) is 56.7 Å². The van der Waals surface area contributed by atoms with Gasteiger partial charge in [-0.05, 0) is 17.7 Å². The molecule has 0 bridgehead atoms. The van der Waals surface area contributed by atoms with E-state index >= 15 is 0 Å². The van der Waals surface area contributed by atoms with Crippen LogP contribution < -0.4 is 26.2 Å². The quantitative estimate of drug-likeness (QED) is 0.357. The van der Waals surface area contributed by atoms with Gasteiger partial charge in [-0.2, -0.15) is 18.2 Å². The number of fused-ring (bicyclic) bond motifs is 1. The van der Waals surface area contributed by atoms with Crippen LogP contribution in [-0.2, 0) is 30.2 Å². The fourth-order valence-electron chi connectivity index (χ4n) is 4.51. The summed E-state index contributed by atoms with van der Waals surface area (Å²) in [6.45, 7) is 0.469. The summed E-state index contributed by atoms with van der Waals surface area (Å²) in [6, 6.07) is 16.1. The molecule has 0 aliphatic carbocycles. The van der Waals surface area contributed by atoms with Crippen LogP contribution in [0.15, 0.2) is 64.2 Å². The second kappa shape index (κ2) is 10.5. The molecule has 0 saturated carbocycles. The van der Waals surface area contributed by atoms with E-state index in [2.05, 4.69) is 10.3 Å². The Morgan fingerprint density at radius 2 is 1.75 bits per heavy atom. The maximum Gasteiger partial charge on any atom is 0.491 e. The van der Waals surface area contributed by atoms with E-state index in [0.29, 0.717) is 18.0 Å². The lowest BCUT2D eigenvalue weighted by Gasteiger charge is -2.36. The Morgan fingerprint density at radius 1 is 1.05 bits per heavy atom. The SMILES string of the molecule is Cn1c(=O)c2c(nc(N3CCNCC3OC(=O)C(F)(F)F)n2-c2ccccc2OCc2ccccc2)n(C)c1=O. The Hall–Kier alpha value is -4.59. The van der Waals surface area contributed by atoms with Crippen LogP contribution in [0.1, 0.15) is 5.56 Å². The number of aryl methyl sites for hydroxylation is 1. The number of rotatable bonds is 6. The van der Waals surface area contributed by atoms with Crippen molar-refractivity contribution in [3.63, 3.8) is 0 Å². The zero-order valence-electron chi connectivity index (χ0n) is 21.5. The number of carbonyl (C=O) groups excluding carboxylic acids is 1. The Kier molecular flexibility index (Phi) is 7.10. The number of alkyl halides is 3. The van der Waals surface area contributed by atoms with Crippen molar-refractivity contribution >= 4 is 23.1 Å². The first-order valence-electron chi connectivity index (χ1n) is 12.3. The summed E-state index contributed by atoms with van der Waals surface area (Å²) in [4.78, 5) is 43.8. The van der Waals surface area contributed by atoms with Gasteiger partial charge >= 0.3 is 17.8 Å². The summed E-state index contributed by atoms with van der Waals surface area (Å²) in [5.41, 5.74) is -0.0785. The van der Waals surface area contributed by atoms with Crippen LogP contribution in [0.2, 0.25) is 0 Å². The van der Waals surface area contributed by atoms with Gasteiger partial charge in [0.15, 0.2) is 17.4 Å². The van der Waals surface area contributed by atoms with E-state index in [0.717, 1.165) is 10.1 Å². The Morgan fingerprint density at radius 3 is 2.48 bits per heavy atom. The molecule has 5 rings (SSSR count). The highest BCUT2D eigenvalue weighted by molar-refractivity contribution is 5.79. The van der Waals surface area contributed by atoms with Crippen LogP contribution in [0.3, 0.4) is 0 Å². The molecule has 11 nitrogen and oxygen atoms in total. The van der Waals surface area contributed by atoms with Gasteiger partial charge in [-0.3, -0.25) is 18.5 Å². The van der Waals surface area contributed by atoms with Gasteiger partial charge in [-0.1, -0.05) is 42.5 Å². The normalized spacial score (nSPS) is 15.8. The number of carbonyl (C=O) groups is 1. The van der Waals surface area contributed by atoms with Crippen molar-refractivity contribution in [2.24, 2.45) is 14.1 Å². The fraction of sp³-hybridized carbons (Fsp3) is 0.308. The largest absolute Gasteiger partial charge is 0.491 e. The molecule has 40 heavy (non-hydrogen) atoms. The molecule has 2 aromatic heterocycles. The number of para-hydroxylation sites is 2. The van der Waals surface area contributed by atoms with Crippen LogP contribution in [0, 0.1) is 0 Å². The predicted molar refractivity (Wildman–Crippen MR) is 138 cm³/mol. The lowest BCUT2D eigenvalue weighted by atomic mass is 10.2. The molecule has 1 N–H and O–H groups in total. The Labute approximate surface area is 225 Å². The van der Waals surface area contributed by atoms with Gasteiger partial charge in [-0.15, -0.1) is 0 Å². The predicted octanol–water partition coefficient (Wildman–Crippen LogP) is 1.84. The molecule has 1 unspecified atom stereocenters. The van der Waals surface area contributed by atoms with Gasteiger partial charge in [0.25, 0.3) is 5.56 Å². The van der Waals surface area contributed by atoms with Gasteiger partial charge in [0.1, 0.15) is 12.4 Å². The molecular formula is C26H25F3N6O5. The summed E-state index contributed by atoms with van der Waals surface area (Å²) in [5, 5.41) is 2.91. The summed E-state index contributed by atoms with van der Waals surface area (Å²) >= 11 is 0. The standard InChI is InChI=1S/C26H25F3N6O5/c1-32-21-20(22(36)33(2)25(32)38)35(17-10-6-7-11-18(17)39-15-16-8-4-3-5-9-16)24(31-21)34-13-12-30-14-19(34)40-23(37)26(27,28)29/h3-11,19,30H,12-15H2,1-2H3. The van der Waals surface area contributed by atoms with Crippen molar-refractivity contribution in [2.75, 3.05) is 24.5 Å². The molecule has 1 atom stereocenters. The third-order valence-corrected chi connectivity index (χ3v) is 6.51. The van der Waals surface area contributed by atoms with Crippen LogP contribution in [0.4, 0.5) is 19.1 Å². The summed E-state index contributed by atoms with van der Waals surface area (Å²) in [7, 11) is 2.75. The second-order valence-corrected chi connectivity index (χ2v) is 9.12. The van der Waals surface area contributed by atoms with E-state index in [-0.39, 0.29) is 36.8 Å². The van der Waals surface area contributed by atoms with E-state index < -0.39 is 29.6 Å². The molecule has 2 aromatic carbocycles. The molecule has 3 heterocycles. The van der Waals surface area contributed by atoms with Gasteiger partial charge < -0.3 is 19.7 Å². The minimum absolute atomic E-state index is 0.000364. The number of aromatic nitrogens is 4. The highest BCUT2D eigenvalue weighted by atomic mass is 19.4. The first-order valence-corrected chi connectivity index (χ1v) is 12.3. The number of hydrogen-bond acceptors (Lipinski definition) is 8. The van der Waals surface area contributed by atoms with E-state index in [1.807, 2.05) is 30.3 Å². The average Bonchev–Trinajstić information content (AvgIpc) is 3.35. The minimum atomic E-state index is -5.21.